The van der Waals surface area contributed by atoms with Gasteiger partial charge in [-0.1, -0.05) is 6.58 Å². The van der Waals surface area contributed by atoms with Crippen LogP contribution in [0.3, 0.4) is 0 Å². The molecule has 1 aromatic heterocycles. The lowest BCUT2D eigenvalue weighted by Gasteiger charge is -2.30. The van der Waals surface area contributed by atoms with Gasteiger partial charge in [-0.15, -0.1) is 0 Å². The van der Waals surface area contributed by atoms with Gasteiger partial charge in [-0.2, -0.15) is 4.98 Å². The number of rotatable bonds is 5. The van der Waals surface area contributed by atoms with Crippen molar-refractivity contribution in [1.82, 2.24) is 14.5 Å². The molecule has 10 heteroatoms. The summed E-state index contributed by atoms with van der Waals surface area (Å²) in [4.78, 5) is 52.2. The molecule has 2 rings (SSSR count). The summed E-state index contributed by atoms with van der Waals surface area (Å²) >= 11 is 0. The molecule has 1 aliphatic rings. The van der Waals surface area contributed by atoms with Crippen molar-refractivity contribution in [1.29, 1.82) is 0 Å². The van der Waals surface area contributed by atoms with E-state index < -0.39 is 41.8 Å². The second kappa shape index (κ2) is 7.81. The summed E-state index contributed by atoms with van der Waals surface area (Å²) in [7, 11) is 0. The van der Waals surface area contributed by atoms with Crippen LogP contribution in [0, 0.1) is 0 Å². The summed E-state index contributed by atoms with van der Waals surface area (Å²) in [5.41, 5.74) is 4.84. The Hall–Kier alpha value is -3.17. The summed E-state index contributed by atoms with van der Waals surface area (Å²) < 4.78 is 11.5. The van der Waals surface area contributed by atoms with Crippen LogP contribution in [0.25, 0.3) is 0 Å². The minimum atomic E-state index is -0.800. The van der Waals surface area contributed by atoms with Gasteiger partial charge in [0.2, 0.25) is 5.91 Å². The Morgan fingerprint density at radius 1 is 1.38 bits per heavy atom. The third-order valence-corrected chi connectivity index (χ3v) is 3.93. The number of likely N-dealkylation sites (tertiary alicyclic amines) is 1. The molecule has 1 fully saturated rings. The third kappa shape index (κ3) is 4.08. The van der Waals surface area contributed by atoms with Crippen molar-refractivity contribution >= 4 is 23.7 Å². The monoisotopic (exact) mass is 364 g/mol. The number of amides is 1. The van der Waals surface area contributed by atoms with Gasteiger partial charge < -0.3 is 20.1 Å². The molecule has 2 N–H and O–H groups in total. The standard InChI is InChI=1S/C16H20N4O6/c1-4-15(23)20-11(8-25-9(2)21)12(26-10(3)22)7-14(20)19-6-5-13(17)18-16(19)24/h4-6,11-12,14H,1,7-8H2,2-3H3,(H2,17,18,24)/t11-,12+,14+/m1/s1. The van der Waals surface area contributed by atoms with Gasteiger partial charge in [0.05, 0.1) is 0 Å². The largest absolute Gasteiger partial charge is 0.464 e. The number of anilines is 1. The van der Waals surface area contributed by atoms with Crippen LogP contribution in [0.2, 0.25) is 0 Å². The first-order valence-corrected chi connectivity index (χ1v) is 7.84. The second-order valence-electron chi connectivity index (χ2n) is 5.73. The Bertz CT molecular complexity index is 789. The number of carbonyl (C=O) groups excluding carboxylic acids is 3. The molecule has 3 atom stereocenters. The smallest absolute Gasteiger partial charge is 0.351 e. The van der Waals surface area contributed by atoms with Crippen molar-refractivity contribution in [3.8, 4) is 0 Å². The Morgan fingerprint density at radius 2 is 2.08 bits per heavy atom. The highest BCUT2D eigenvalue weighted by Gasteiger charge is 2.46. The Balaban J connectivity index is 2.46. The van der Waals surface area contributed by atoms with Crippen molar-refractivity contribution in [2.45, 2.75) is 38.6 Å². The van der Waals surface area contributed by atoms with E-state index in [0.29, 0.717) is 0 Å². The number of hydrogen-bond donors (Lipinski definition) is 1. The molecule has 26 heavy (non-hydrogen) atoms. The minimum absolute atomic E-state index is 0.0406. The fourth-order valence-electron chi connectivity index (χ4n) is 2.92. The number of nitrogens with zero attached hydrogens (tertiary/aromatic N) is 3. The molecule has 10 nitrogen and oxygen atoms in total. The van der Waals surface area contributed by atoms with Crippen molar-refractivity contribution < 1.29 is 23.9 Å². The molecule has 0 saturated carbocycles. The molecule has 0 radical (unpaired) electrons. The van der Waals surface area contributed by atoms with E-state index in [1.807, 2.05) is 0 Å². The molecular formula is C16H20N4O6. The predicted octanol–water partition coefficient (Wildman–Crippen LogP) is -0.394. The Morgan fingerprint density at radius 3 is 2.62 bits per heavy atom. The predicted molar refractivity (Wildman–Crippen MR) is 89.6 cm³/mol. The zero-order valence-electron chi connectivity index (χ0n) is 14.5. The fourth-order valence-corrected chi connectivity index (χ4v) is 2.92. The first-order chi connectivity index (χ1) is 12.2. The van der Waals surface area contributed by atoms with Crippen molar-refractivity contribution in [3.63, 3.8) is 0 Å². The van der Waals surface area contributed by atoms with Crippen molar-refractivity contribution in [3.05, 3.63) is 35.4 Å². The van der Waals surface area contributed by atoms with Crippen LogP contribution in [-0.2, 0) is 23.9 Å². The highest BCUT2D eigenvalue weighted by molar-refractivity contribution is 5.87. The number of hydrogen-bond acceptors (Lipinski definition) is 8. The van der Waals surface area contributed by atoms with Gasteiger partial charge in [0, 0.05) is 26.5 Å². The van der Waals surface area contributed by atoms with Crippen molar-refractivity contribution in [2.24, 2.45) is 0 Å². The van der Waals surface area contributed by atoms with Gasteiger partial charge in [0.1, 0.15) is 30.7 Å². The topological polar surface area (TPSA) is 134 Å². The minimum Gasteiger partial charge on any atom is -0.464 e. The van der Waals surface area contributed by atoms with E-state index in [1.165, 1.54) is 35.6 Å². The van der Waals surface area contributed by atoms with Gasteiger partial charge in [-0.25, -0.2) is 4.79 Å². The van der Waals surface area contributed by atoms with E-state index in [0.717, 1.165) is 6.08 Å². The van der Waals surface area contributed by atoms with Crippen LogP contribution >= 0.6 is 0 Å². The summed E-state index contributed by atoms with van der Waals surface area (Å²) in [5.74, 6) is -1.58. The number of nitrogen functional groups attached to an aromatic ring is 1. The molecule has 140 valence electrons. The van der Waals surface area contributed by atoms with Gasteiger partial charge in [0.25, 0.3) is 0 Å². The fraction of sp³-hybridized carbons (Fsp3) is 0.438. The van der Waals surface area contributed by atoms with Gasteiger partial charge in [-0.05, 0) is 12.1 Å². The van der Waals surface area contributed by atoms with Crippen LogP contribution < -0.4 is 11.4 Å². The summed E-state index contributed by atoms with van der Waals surface area (Å²) in [6.07, 6.45) is 1.02. The van der Waals surface area contributed by atoms with E-state index >= 15 is 0 Å². The SMILES string of the molecule is C=CC(=O)N1[C@H](COC(C)=O)[C@@H](OC(C)=O)C[C@H]1n1ccc(N)nc1=O. The lowest BCUT2D eigenvalue weighted by Crippen LogP contribution is -2.46. The molecule has 1 aromatic rings. The molecule has 0 bridgehead atoms. The molecule has 0 spiro atoms. The lowest BCUT2D eigenvalue weighted by atomic mass is 10.1. The quantitative estimate of drug-likeness (QED) is 0.551. The second-order valence-corrected chi connectivity index (χ2v) is 5.73. The number of carbonyl (C=O) groups is 3. The average molecular weight is 364 g/mol. The molecule has 0 unspecified atom stereocenters. The van der Waals surface area contributed by atoms with Crippen molar-refractivity contribution in [2.75, 3.05) is 12.3 Å². The highest BCUT2D eigenvalue weighted by atomic mass is 16.6. The zero-order chi connectivity index (χ0) is 19.4. The van der Waals surface area contributed by atoms with E-state index in [1.54, 1.807) is 0 Å². The lowest BCUT2D eigenvalue weighted by molar-refractivity contribution is -0.153. The molecule has 2 heterocycles. The average Bonchev–Trinajstić information content (AvgIpc) is 2.89. The maximum atomic E-state index is 12.4. The zero-order valence-corrected chi connectivity index (χ0v) is 14.5. The van der Waals surface area contributed by atoms with E-state index in [-0.39, 0.29) is 18.8 Å². The van der Waals surface area contributed by atoms with Gasteiger partial charge in [-0.3, -0.25) is 19.0 Å². The molecule has 0 aromatic carbocycles. The molecular weight excluding hydrogens is 344 g/mol. The van der Waals surface area contributed by atoms with Crippen LogP contribution in [0.4, 0.5) is 5.82 Å². The molecule has 1 aliphatic heterocycles. The Kier molecular flexibility index (Phi) is 5.75. The number of ether oxygens (including phenoxy) is 2. The summed E-state index contributed by atoms with van der Waals surface area (Å²) in [5, 5.41) is 0. The van der Waals surface area contributed by atoms with Crippen LogP contribution in [0.5, 0.6) is 0 Å². The van der Waals surface area contributed by atoms with E-state index in [9.17, 15) is 19.2 Å². The first kappa shape index (κ1) is 19.2. The highest BCUT2D eigenvalue weighted by Crippen LogP contribution is 2.34. The van der Waals surface area contributed by atoms with Crippen LogP contribution in [0.15, 0.2) is 29.7 Å². The maximum Gasteiger partial charge on any atom is 0.351 e. The number of aromatic nitrogens is 2. The molecule has 1 saturated heterocycles. The third-order valence-electron chi connectivity index (χ3n) is 3.93. The van der Waals surface area contributed by atoms with Gasteiger partial charge in [0.15, 0.2) is 0 Å². The summed E-state index contributed by atoms with van der Waals surface area (Å²) in [6, 6.07) is 0.640. The maximum absolute atomic E-state index is 12.4. The van der Waals surface area contributed by atoms with E-state index in [2.05, 4.69) is 11.6 Å². The van der Waals surface area contributed by atoms with Crippen LogP contribution in [0.1, 0.15) is 26.4 Å². The number of nitrogens with two attached hydrogens (primary N) is 1. The Labute approximate surface area is 149 Å². The summed E-state index contributed by atoms with van der Waals surface area (Å²) in [6.45, 7) is 5.71. The van der Waals surface area contributed by atoms with Crippen LogP contribution in [-0.4, -0.2) is 51.0 Å². The van der Waals surface area contributed by atoms with E-state index in [4.69, 9.17) is 15.2 Å². The number of esters is 2. The van der Waals surface area contributed by atoms with Gasteiger partial charge >= 0.3 is 17.6 Å². The normalized spacial score (nSPS) is 21.9. The first-order valence-electron chi connectivity index (χ1n) is 7.84. The molecule has 0 aliphatic carbocycles. The molecule has 1 amide bonds.